The predicted octanol–water partition coefficient (Wildman–Crippen LogP) is 3.29. The summed E-state index contributed by atoms with van der Waals surface area (Å²) >= 11 is 11.7. The third kappa shape index (κ3) is 3.32. The highest BCUT2D eigenvalue weighted by molar-refractivity contribution is 6.44. The van der Waals surface area contributed by atoms with Crippen molar-refractivity contribution in [3.05, 3.63) is 33.8 Å². The first-order valence-corrected chi connectivity index (χ1v) is 6.58. The monoisotopic (exact) mass is 344 g/mol. The molecule has 22 heavy (non-hydrogen) atoms. The molecule has 2 aromatic rings. The van der Waals surface area contributed by atoms with Gasteiger partial charge in [-0.1, -0.05) is 23.2 Å². The minimum absolute atomic E-state index is 0.0581. The number of hydrogen-bond acceptors (Lipinski definition) is 6. The zero-order valence-corrected chi connectivity index (χ0v) is 13.0. The van der Waals surface area contributed by atoms with Crippen molar-refractivity contribution in [1.29, 1.82) is 0 Å². The number of carbonyl (C=O) groups is 1. The quantitative estimate of drug-likeness (QED) is 0.889. The van der Waals surface area contributed by atoms with Crippen LogP contribution in [0.4, 0.5) is 0 Å². The maximum Gasteiger partial charge on any atom is 0.341 e. The Bertz CT molecular complexity index is 702. The fourth-order valence-electron chi connectivity index (χ4n) is 1.55. The highest BCUT2D eigenvalue weighted by Crippen LogP contribution is 2.35. The summed E-state index contributed by atoms with van der Waals surface area (Å²) in [6, 6.07) is 4.05. The average Bonchev–Trinajstić information content (AvgIpc) is 2.50. The van der Waals surface area contributed by atoms with Crippen LogP contribution in [0.1, 0.15) is 10.4 Å². The maximum absolute atomic E-state index is 11.3. The van der Waals surface area contributed by atoms with Crippen LogP contribution in [0.25, 0.3) is 0 Å². The highest BCUT2D eigenvalue weighted by Gasteiger charge is 2.20. The molecule has 1 heterocycles. The van der Waals surface area contributed by atoms with E-state index >= 15 is 0 Å². The first-order valence-electron chi connectivity index (χ1n) is 5.82. The number of carboxylic acid groups (broad SMARTS) is 1. The van der Waals surface area contributed by atoms with Crippen molar-refractivity contribution in [3.63, 3.8) is 0 Å². The first kappa shape index (κ1) is 16.1. The van der Waals surface area contributed by atoms with Crippen molar-refractivity contribution in [3.8, 4) is 23.5 Å². The van der Waals surface area contributed by atoms with E-state index in [9.17, 15) is 9.90 Å². The van der Waals surface area contributed by atoms with E-state index in [1.807, 2.05) is 0 Å². The minimum Gasteiger partial charge on any atom is -0.481 e. The lowest BCUT2D eigenvalue weighted by atomic mass is 10.2. The lowest BCUT2D eigenvalue weighted by molar-refractivity contribution is 0.0694. The summed E-state index contributed by atoms with van der Waals surface area (Å²) in [5.74, 6) is -0.966. The van der Waals surface area contributed by atoms with Gasteiger partial charge in [0.05, 0.1) is 30.3 Å². The number of benzene rings is 1. The topological polar surface area (TPSA) is 90.8 Å². The Balaban J connectivity index is 2.47. The molecule has 0 aliphatic heterocycles. The van der Waals surface area contributed by atoms with Gasteiger partial charge >= 0.3 is 12.0 Å². The third-order valence-corrected chi connectivity index (χ3v) is 3.35. The Morgan fingerprint density at radius 2 is 1.73 bits per heavy atom. The predicted molar refractivity (Wildman–Crippen MR) is 78.6 cm³/mol. The van der Waals surface area contributed by atoms with E-state index in [1.165, 1.54) is 32.4 Å². The minimum atomic E-state index is -1.29. The van der Waals surface area contributed by atoms with Gasteiger partial charge in [-0.25, -0.2) is 4.79 Å². The van der Waals surface area contributed by atoms with Crippen LogP contribution in [0.2, 0.25) is 10.0 Å². The fraction of sp³-hybridized carbons (Fsp3) is 0.154. The molecule has 1 aromatic carbocycles. The summed E-state index contributed by atoms with van der Waals surface area (Å²) in [5, 5.41) is 9.19. The van der Waals surface area contributed by atoms with E-state index < -0.39 is 5.97 Å². The Hall–Kier alpha value is -2.25. The van der Waals surface area contributed by atoms with Crippen LogP contribution in [0.5, 0.6) is 23.5 Å². The molecule has 1 N–H and O–H groups in total. The number of halogens is 2. The Morgan fingerprint density at radius 3 is 2.23 bits per heavy atom. The Labute approximate surface area is 135 Å². The smallest absolute Gasteiger partial charge is 0.341 e. The summed E-state index contributed by atoms with van der Waals surface area (Å²) in [7, 11) is 2.82. The van der Waals surface area contributed by atoms with Crippen LogP contribution in [0.3, 0.4) is 0 Å². The van der Waals surface area contributed by atoms with Gasteiger partial charge in [-0.15, -0.1) is 0 Å². The van der Waals surface area contributed by atoms with Crippen LogP contribution >= 0.6 is 23.2 Å². The molecule has 0 fully saturated rings. The van der Waals surface area contributed by atoms with Crippen molar-refractivity contribution < 1.29 is 24.1 Å². The highest BCUT2D eigenvalue weighted by atomic mass is 35.5. The second-order valence-electron chi connectivity index (χ2n) is 3.88. The zero-order valence-electron chi connectivity index (χ0n) is 11.5. The van der Waals surface area contributed by atoms with Crippen molar-refractivity contribution >= 4 is 29.2 Å². The van der Waals surface area contributed by atoms with Crippen LogP contribution in [-0.4, -0.2) is 35.3 Å². The standard InChI is InChI=1S/C13H10Cl2N2O5/c1-20-8-5-9(21-2)17-13(16-8)22-7-4-3-6(14)11(15)10(7)12(18)19/h3-5H,1-2H3,(H,18,19). The first-order chi connectivity index (χ1) is 10.5. The molecule has 0 unspecified atom stereocenters. The van der Waals surface area contributed by atoms with E-state index in [4.69, 9.17) is 37.4 Å². The second-order valence-corrected chi connectivity index (χ2v) is 4.66. The number of hydrogen-bond donors (Lipinski definition) is 1. The van der Waals surface area contributed by atoms with Gasteiger partial charge in [0.1, 0.15) is 11.3 Å². The molecule has 0 aliphatic carbocycles. The molecular formula is C13H10Cl2N2O5. The number of carboxylic acids is 1. The largest absolute Gasteiger partial charge is 0.481 e. The summed E-state index contributed by atoms with van der Waals surface area (Å²) in [6.45, 7) is 0. The van der Waals surface area contributed by atoms with Gasteiger partial charge in [0.25, 0.3) is 0 Å². The maximum atomic E-state index is 11.3. The molecule has 0 atom stereocenters. The summed E-state index contributed by atoms with van der Waals surface area (Å²) in [6.07, 6.45) is 0. The van der Waals surface area contributed by atoms with Gasteiger partial charge in [-0.2, -0.15) is 9.97 Å². The molecule has 0 amide bonds. The Morgan fingerprint density at radius 1 is 1.14 bits per heavy atom. The molecule has 1 aromatic heterocycles. The molecule has 7 nitrogen and oxygen atoms in total. The molecule has 0 saturated heterocycles. The van der Waals surface area contributed by atoms with E-state index in [-0.39, 0.29) is 39.1 Å². The summed E-state index contributed by atoms with van der Waals surface area (Å²) in [5.41, 5.74) is -0.292. The third-order valence-electron chi connectivity index (χ3n) is 2.55. The van der Waals surface area contributed by atoms with Gasteiger partial charge in [-0.05, 0) is 12.1 Å². The van der Waals surface area contributed by atoms with Gasteiger partial charge in [0, 0.05) is 0 Å². The lowest BCUT2D eigenvalue weighted by Gasteiger charge is -2.11. The number of ether oxygens (including phenoxy) is 3. The van der Waals surface area contributed by atoms with Gasteiger partial charge in [0.2, 0.25) is 11.8 Å². The molecule has 9 heteroatoms. The second kappa shape index (κ2) is 6.67. The van der Waals surface area contributed by atoms with E-state index in [2.05, 4.69) is 9.97 Å². The van der Waals surface area contributed by atoms with Gasteiger partial charge in [0.15, 0.2) is 0 Å². The van der Waals surface area contributed by atoms with E-state index in [1.54, 1.807) is 0 Å². The molecule has 0 bridgehead atoms. The van der Waals surface area contributed by atoms with Gasteiger partial charge in [-0.3, -0.25) is 0 Å². The summed E-state index contributed by atoms with van der Waals surface area (Å²) in [4.78, 5) is 19.2. The molecule has 0 saturated carbocycles. The van der Waals surface area contributed by atoms with Crippen molar-refractivity contribution in [2.45, 2.75) is 0 Å². The SMILES string of the molecule is COc1cc(OC)nc(Oc2ccc(Cl)c(Cl)c2C(=O)O)n1. The van der Waals surface area contributed by atoms with Crippen LogP contribution in [0, 0.1) is 0 Å². The molecule has 116 valence electrons. The zero-order chi connectivity index (χ0) is 16.3. The molecule has 0 spiro atoms. The molecule has 0 radical (unpaired) electrons. The fourth-order valence-corrected chi connectivity index (χ4v) is 1.95. The van der Waals surface area contributed by atoms with Crippen molar-refractivity contribution in [2.24, 2.45) is 0 Å². The number of nitrogens with zero attached hydrogens (tertiary/aromatic N) is 2. The van der Waals surface area contributed by atoms with E-state index in [0.29, 0.717) is 0 Å². The lowest BCUT2D eigenvalue weighted by Crippen LogP contribution is -2.04. The number of methoxy groups -OCH3 is 2. The van der Waals surface area contributed by atoms with Crippen LogP contribution in [0.15, 0.2) is 18.2 Å². The van der Waals surface area contributed by atoms with Gasteiger partial charge < -0.3 is 19.3 Å². The Kier molecular flexibility index (Phi) is 4.89. The molecular weight excluding hydrogens is 335 g/mol. The van der Waals surface area contributed by atoms with Crippen LogP contribution in [-0.2, 0) is 0 Å². The van der Waals surface area contributed by atoms with Crippen molar-refractivity contribution in [1.82, 2.24) is 9.97 Å². The van der Waals surface area contributed by atoms with Crippen molar-refractivity contribution in [2.75, 3.05) is 14.2 Å². The number of aromatic carboxylic acids is 1. The number of rotatable bonds is 5. The summed E-state index contributed by atoms with van der Waals surface area (Å²) < 4.78 is 15.3. The number of aromatic nitrogens is 2. The normalized spacial score (nSPS) is 10.2. The molecule has 0 aliphatic rings. The van der Waals surface area contributed by atoms with E-state index in [0.717, 1.165) is 0 Å². The average molecular weight is 345 g/mol. The molecule has 2 rings (SSSR count). The van der Waals surface area contributed by atoms with Crippen LogP contribution < -0.4 is 14.2 Å².